The summed E-state index contributed by atoms with van der Waals surface area (Å²) in [7, 11) is 1.91. The molecule has 1 rings (SSSR count). The van der Waals surface area contributed by atoms with Gasteiger partial charge >= 0.3 is 5.97 Å². The van der Waals surface area contributed by atoms with Crippen molar-refractivity contribution in [3.8, 4) is 0 Å². The Hall–Kier alpha value is -1.14. The number of hydrogen-bond acceptors (Lipinski definition) is 4. The van der Waals surface area contributed by atoms with Gasteiger partial charge in [0.2, 0.25) is 5.91 Å². The molecule has 16 heavy (non-hydrogen) atoms. The van der Waals surface area contributed by atoms with Crippen LogP contribution in [0.2, 0.25) is 0 Å². The molecule has 0 bridgehead atoms. The molecule has 0 radical (unpaired) electrons. The normalized spacial score (nSPS) is 25.1. The largest absolute Gasteiger partial charge is 0.480 e. The number of hydrogen-bond donors (Lipinski definition) is 3. The fraction of sp³-hybridized carbons (Fsp3) is 0.800. The summed E-state index contributed by atoms with van der Waals surface area (Å²) in [5.74, 6) is -1.68. The first kappa shape index (κ1) is 12.9. The number of amides is 1. The summed E-state index contributed by atoms with van der Waals surface area (Å²) < 4.78 is 0. The maximum atomic E-state index is 11.7. The van der Waals surface area contributed by atoms with Crippen LogP contribution in [0.15, 0.2) is 0 Å². The SMILES string of the molecule is C[C@@H](O)[C@H](NC(=O)C1CCN(C)C1)C(=O)O. The van der Waals surface area contributed by atoms with Gasteiger partial charge in [-0.2, -0.15) is 0 Å². The molecule has 0 saturated carbocycles. The third-order valence-corrected chi connectivity index (χ3v) is 2.81. The zero-order chi connectivity index (χ0) is 12.3. The Morgan fingerprint density at radius 2 is 2.12 bits per heavy atom. The summed E-state index contributed by atoms with van der Waals surface area (Å²) in [5, 5.41) is 20.4. The molecule has 92 valence electrons. The number of carboxylic acids is 1. The first-order valence-corrected chi connectivity index (χ1v) is 5.31. The van der Waals surface area contributed by atoms with Gasteiger partial charge in [0.1, 0.15) is 0 Å². The van der Waals surface area contributed by atoms with Crippen LogP contribution in [0, 0.1) is 5.92 Å². The number of aliphatic hydroxyl groups excluding tert-OH is 1. The lowest BCUT2D eigenvalue weighted by Crippen LogP contribution is -2.49. The molecule has 1 amide bonds. The predicted octanol–water partition coefficient (Wildman–Crippen LogP) is -1.11. The van der Waals surface area contributed by atoms with Gasteiger partial charge < -0.3 is 20.4 Å². The standard InChI is InChI=1S/C10H18N2O4/c1-6(13)8(10(15)16)11-9(14)7-3-4-12(2)5-7/h6-8,13H,3-5H2,1-2H3,(H,11,14)(H,15,16)/t6-,7?,8+/m1/s1. The number of aliphatic hydroxyl groups is 1. The lowest BCUT2D eigenvalue weighted by atomic mass is 10.1. The molecule has 1 aliphatic rings. The van der Waals surface area contributed by atoms with E-state index in [1.54, 1.807) is 0 Å². The van der Waals surface area contributed by atoms with Crippen LogP contribution in [0.5, 0.6) is 0 Å². The van der Waals surface area contributed by atoms with Crippen LogP contribution in [-0.4, -0.2) is 59.3 Å². The molecule has 0 aliphatic carbocycles. The van der Waals surface area contributed by atoms with Crippen molar-refractivity contribution in [2.24, 2.45) is 5.92 Å². The minimum atomic E-state index is -1.22. The van der Waals surface area contributed by atoms with E-state index in [1.807, 2.05) is 11.9 Å². The quantitative estimate of drug-likeness (QED) is 0.569. The summed E-state index contributed by atoms with van der Waals surface area (Å²) in [5.41, 5.74) is 0. The molecule has 1 fully saturated rings. The average molecular weight is 230 g/mol. The van der Waals surface area contributed by atoms with Crippen LogP contribution in [0.25, 0.3) is 0 Å². The molecule has 1 aliphatic heterocycles. The minimum absolute atomic E-state index is 0.175. The van der Waals surface area contributed by atoms with Gasteiger partial charge in [-0.15, -0.1) is 0 Å². The van der Waals surface area contributed by atoms with E-state index in [9.17, 15) is 14.7 Å². The van der Waals surface area contributed by atoms with E-state index >= 15 is 0 Å². The number of rotatable bonds is 4. The summed E-state index contributed by atoms with van der Waals surface area (Å²) in [6, 6.07) is -1.22. The highest BCUT2D eigenvalue weighted by Crippen LogP contribution is 2.14. The molecule has 1 unspecified atom stereocenters. The van der Waals surface area contributed by atoms with Crippen LogP contribution >= 0.6 is 0 Å². The van der Waals surface area contributed by atoms with Gasteiger partial charge in [-0.3, -0.25) is 4.79 Å². The van der Waals surface area contributed by atoms with Gasteiger partial charge in [0.05, 0.1) is 12.0 Å². The van der Waals surface area contributed by atoms with Crippen LogP contribution in [-0.2, 0) is 9.59 Å². The molecule has 1 heterocycles. The van der Waals surface area contributed by atoms with Crippen molar-refractivity contribution in [3.05, 3.63) is 0 Å². The first-order valence-electron chi connectivity index (χ1n) is 5.31. The Morgan fingerprint density at radius 3 is 2.50 bits per heavy atom. The third-order valence-electron chi connectivity index (χ3n) is 2.81. The molecule has 0 aromatic rings. The zero-order valence-electron chi connectivity index (χ0n) is 9.51. The summed E-state index contributed by atoms with van der Waals surface area (Å²) in [6.07, 6.45) is -0.366. The van der Waals surface area contributed by atoms with Crippen molar-refractivity contribution in [1.82, 2.24) is 10.2 Å². The molecule has 6 nitrogen and oxygen atoms in total. The summed E-state index contributed by atoms with van der Waals surface area (Å²) in [4.78, 5) is 24.5. The van der Waals surface area contributed by atoms with Gasteiger partial charge in [0.15, 0.2) is 6.04 Å². The maximum Gasteiger partial charge on any atom is 0.328 e. The Balaban J connectivity index is 2.52. The molecule has 6 heteroatoms. The summed E-state index contributed by atoms with van der Waals surface area (Å²) in [6.45, 7) is 2.82. The van der Waals surface area contributed by atoms with Gasteiger partial charge in [0.25, 0.3) is 0 Å². The molecule has 1 saturated heterocycles. The number of carbonyl (C=O) groups excluding carboxylic acids is 1. The van der Waals surface area contributed by atoms with Crippen LogP contribution in [0.3, 0.4) is 0 Å². The van der Waals surface area contributed by atoms with E-state index in [0.29, 0.717) is 6.54 Å². The van der Waals surface area contributed by atoms with E-state index in [2.05, 4.69) is 5.32 Å². The average Bonchev–Trinajstić information content (AvgIpc) is 2.59. The van der Waals surface area contributed by atoms with Gasteiger partial charge in [-0.25, -0.2) is 4.79 Å². The number of carboxylic acid groups (broad SMARTS) is 1. The smallest absolute Gasteiger partial charge is 0.328 e. The van der Waals surface area contributed by atoms with Crippen molar-refractivity contribution in [2.75, 3.05) is 20.1 Å². The van der Waals surface area contributed by atoms with E-state index in [1.165, 1.54) is 6.92 Å². The van der Waals surface area contributed by atoms with Crippen molar-refractivity contribution in [3.63, 3.8) is 0 Å². The number of nitrogens with one attached hydrogen (secondary N) is 1. The zero-order valence-corrected chi connectivity index (χ0v) is 9.51. The predicted molar refractivity (Wildman–Crippen MR) is 56.9 cm³/mol. The number of aliphatic carboxylic acids is 1. The molecule has 0 spiro atoms. The van der Waals surface area contributed by atoms with E-state index in [4.69, 9.17) is 5.11 Å². The van der Waals surface area contributed by atoms with Crippen molar-refractivity contribution in [2.45, 2.75) is 25.5 Å². The second-order valence-electron chi connectivity index (χ2n) is 4.31. The number of likely N-dealkylation sites (tertiary alicyclic amines) is 1. The summed E-state index contributed by atoms with van der Waals surface area (Å²) >= 11 is 0. The lowest BCUT2D eigenvalue weighted by Gasteiger charge is -2.19. The van der Waals surface area contributed by atoms with Crippen molar-refractivity contribution < 1.29 is 19.8 Å². The van der Waals surface area contributed by atoms with Crippen molar-refractivity contribution in [1.29, 1.82) is 0 Å². The van der Waals surface area contributed by atoms with Gasteiger partial charge in [-0.1, -0.05) is 0 Å². The van der Waals surface area contributed by atoms with E-state index < -0.39 is 18.1 Å². The number of carbonyl (C=O) groups is 2. The maximum absolute atomic E-state index is 11.7. The highest BCUT2D eigenvalue weighted by atomic mass is 16.4. The van der Waals surface area contributed by atoms with Crippen LogP contribution in [0.1, 0.15) is 13.3 Å². The second kappa shape index (κ2) is 5.27. The fourth-order valence-corrected chi connectivity index (χ4v) is 1.81. The highest BCUT2D eigenvalue weighted by molar-refractivity contribution is 5.85. The van der Waals surface area contributed by atoms with Crippen molar-refractivity contribution >= 4 is 11.9 Å². The molecule has 0 aromatic heterocycles. The minimum Gasteiger partial charge on any atom is -0.480 e. The topological polar surface area (TPSA) is 89.9 Å². The lowest BCUT2D eigenvalue weighted by molar-refractivity contribution is -0.145. The van der Waals surface area contributed by atoms with Crippen LogP contribution < -0.4 is 5.32 Å². The highest BCUT2D eigenvalue weighted by Gasteiger charge is 2.31. The van der Waals surface area contributed by atoms with Gasteiger partial charge in [0, 0.05) is 6.54 Å². The number of nitrogens with zero attached hydrogens (tertiary/aromatic N) is 1. The van der Waals surface area contributed by atoms with E-state index in [-0.39, 0.29) is 11.8 Å². The molecule has 0 aromatic carbocycles. The third kappa shape index (κ3) is 3.18. The Labute approximate surface area is 94.2 Å². The Morgan fingerprint density at radius 1 is 1.50 bits per heavy atom. The Kier molecular flexibility index (Phi) is 4.26. The fourth-order valence-electron chi connectivity index (χ4n) is 1.81. The molecular formula is C10H18N2O4. The molecular weight excluding hydrogens is 212 g/mol. The Bertz CT molecular complexity index is 280. The first-order chi connectivity index (χ1) is 7.41. The monoisotopic (exact) mass is 230 g/mol. The van der Waals surface area contributed by atoms with Crippen LogP contribution in [0.4, 0.5) is 0 Å². The molecule has 3 N–H and O–H groups in total. The second-order valence-corrected chi connectivity index (χ2v) is 4.31. The van der Waals surface area contributed by atoms with Gasteiger partial charge in [-0.05, 0) is 26.9 Å². The van der Waals surface area contributed by atoms with E-state index in [0.717, 1.165) is 13.0 Å². The molecule has 3 atom stereocenters.